The molecule has 0 aliphatic carbocycles. The lowest BCUT2D eigenvalue weighted by atomic mass is 10.2. The second kappa shape index (κ2) is 5.57. The summed E-state index contributed by atoms with van der Waals surface area (Å²) in [5.41, 5.74) is 3.34. The van der Waals surface area contributed by atoms with Crippen LogP contribution >= 0.6 is 15.9 Å². The predicted octanol–water partition coefficient (Wildman–Crippen LogP) is 4.42. The molecule has 0 spiro atoms. The van der Waals surface area contributed by atoms with E-state index in [2.05, 4.69) is 63.0 Å². The van der Waals surface area contributed by atoms with Crippen molar-refractivity contribution in [3.05, 3.63) is 40.1 Å². The Bertz CT molecular complexity index is 546. The van der Waals surface area contributed by atoms with E-state index >= 15 is 0 Å². The summed E-state index contributed by atoms with van der Waals surface area (Å²) in [5.74, 6) is 0.913. The highest BCUT2D eigenvalue weighted by Gasteiger charge is 2.07. The van der Waals surface area contributed by atoms with Crippen molar-refractivity contribution >= 4 is 27.6 Å². The van der Waals surface area contributed by atoms with Gasteiger partial charge in [-0.15, -0.1) is 0 Å². The van der Waals surface area contributed by atoms with Crippen LogP contribution in [0.15, 0.2) is 28.9 Å². The summed E-state index contributed by atoms with van der Waals surface area (Å²) < 4.78 is 3.23. The Labute approximate surface area is 116 Å². The van der Waals surface area contributed by atoms with E-state index in [9.17, 15) is 0 Å². The lowest BCUT2D eigenvalue weighted by Gasteiger charge is -2.11. The van der Waals surface area contributed by atoms with Gasteiger partial charge in [0.25, 0.3) is 0 Å². The second-order valence-electron chi connectivity index (χ2n) is 4.48. The number of benzene rings is 1. The highest BCUT2D eigenvalue weighted by Crippen LogP contribution is 2.24. The third-order valence-corrected chi connectivity index (χ3v) is 3.30. The van der Waals surface area contributed by atoms with Crippen LogP contribution in [0.2, 0.25) is 0 Å². The number of nitrogens with zero attached hydrogens (tertiary/aromatic N) is 2. The Hall–Kier alpha value is -1.29. The van der Waals surface area contributed by atoms with Crippen molar-refractivity contribution in [3.8, 4) is 0 Å². The number of halogens is 1. The summed E-state index contributed by atoms with van der Waals surface area (Å²) in [6.45, 7) is 7.26. The average Bonchev–Trinajstić information content (AvgIpc) is 2.65. The Kier molecular flexibility index (Phi) is 4.07. The molecule has 0 unspecified atom stereocenters. The van der Waals surface area contributed by atoms with Crippen LogP contribution in [-0.4, -0.2) is 9.55 Å². The van der Waals surface area contributed by atoms with Crippen molar-refractivity contribution in [1.82, 2.24) is 9.55 Å². The molecule has 0 saturated carbocycles. The number of rotatable bonds is 4. The standard InChI is InChI=1S/C14H18BrN3/c1-4-7-18-9-11(3)16-14(18)17-13-8-12(15)6-5-10(13)2/h5-6,8-9H,4,7H2,1-3H3,(H,16,17). The molecule has 2 aromatic rings. The van der Waals surface area contributed by atoms with Gasteiger partial charge in [0, 0.05) is 22.9 Å². The maximum atomic E-state index is 4.53. The summed E-state index contributed by atoms with van der Waals surface area (Å²) >= 11 is 3.50. The summed E-state index contributed by atoms with van der Waals surface area (Å²) in [5, 5.41) is 3.41. The highest BCUT2D eigenvalue weighted by molar-refractivity contribution is 9.10. The van der Waals surface area contributed by atoms with Crippen LogP contribution < -0.4 is 5.32 Å². The van der Waals surface area contributed by atoms with Gasteiger partial charge in [0.2, 0.25) is 5.95 Å². The second-order valence-corrected chi connectivity index (χ2v) is 5.40. The van der Waals surface area contributed by atoms with Crippen LogP contribution in [0.3, 0.4) is 0 Å². The van der Waals surface area contributed by atoms with Crippen molar-refractivity contribution < 1.29 is 0 Å². The molecular formula is C14H18BrN3. The maximum absolute atomic E-state index is 4.53. The van der Waals surface area contributed by atoms with E-state index in [0.717, 1.165) is 34.8 Å². The van der Waals surface area contributed by atoms with Crippen molar-refractivity contribution in [1.29, 1.82) is 0 Å². The Morgan fingerprint density at radius 3 is 2.83 bits per heavy atom. The molecular weight excluding hydrogens is 290 g/mol. The molecule has 0 atom stereocenters. The summed E-state index contributed by atoms with van der Waals surface area (Å²) in [6.07, 6.45) is 3.18. The fourth-order valence-corrected chi connectivity index (χ4v) is 2.27. The number of nitrogens with one attached hydrogen (secondary N) is 1. The number of hydrogen-bond donors (Lipinski definition) is 1. The number of imidazole rings is 1. The number of hydrogen-bond acceptors (Lipinski definition) is 2. The van der Waals surface area contributed by atoms with Gasteiger partial charge in [-0.3, -0.25) is 0 Å². The molecule has 0 saturated heterocycles. The lowest BCUT2D eigenvalue weighted by molar-refractivity contribution is 0.686. The number of aryl methyl sites for hydroxylation is 3. The molecule has 18 heavy (non-hydrogen) atoms. The first-order chi connectivity index (χ1) is 8.60. The lowest BCUT2D eigenvalue weighted by Crippen LogP contribution is -2.03. The van der Waals surface area contributed by atoms with Crippen LogP contribution in [0.1, 0.15) is 24.6 Å². The fraction of sp³-hybridized carbons (Fsp3) is 0.357. The molecule has 4 heteroatoms. The van der Waals surface area contributed by atoms with Crippen LogP contribution in [0, 0.1) is 13.8 Å². The first-order valence-corrected chi connectivity index (χ1v) is 6.96. The van der Waals surface area contributed by atoms with Crippen molar-refractivity contribution in [2.24, 2.45) is 0 Å². The summed E-state index contributed by atoms with van der Waals surface area (Å²) in [7, 11) is 0. The van der Waals surface area contributed by atoms with Crippen molar-refractivity contribution in [2.45, 2.75) is 33.7 Å². The number of aromatic nitrogens is 2. The monoisotopic (exact) mass is 307 g/mol. The van der Waals surface area contributed by atoms with E-state index in [1.54, 1.807) is 0 Å². The molecule has 1 N–H and O–H groups in total. The SMILES string of the molecule is CCCn1cc(C)nc1Nc1cc(Br)ccc1C. The van der Waals surface area contributed by atoms with Gasteiger partial charge in [-0.05, 0) is 38.0 Å². The minimum Gasteiger partial charge on any atom is -0.325 e. The molecule has 0 fully saturated rings. The van der Waals surface area contributed by atoms with Crippen molar-refractivity contribution in [2.75, 3.05) is 5.32 Å². The van der Waals surface area contributed by atoms with E-state index in [-0.39, 0.29) is 0 Å². The molecule has 0 radical (unpaired) electrons. The van der Waals surface area contributed by atoms with Gasteiger partial charge in [0.1, 0.15) is 0 Å². The van der Waals surface area contributed by atoms with E-state index in [4.69, 9.17) is 0 Å². The maximum Gasteiger partial charge on any atom is 0.207 e. The Morgan fingerprint density at radius 1 is 1.33 bits per heavy atom. The van der Waals surface area contributed by atoms with E-state index < -0.39 is 0 Å². The van der Waals surface area contributed by atoms with Gasteiger partial charge in [0.05, 0.1) is 5.69 Å². The van der Waals surface area contributed by atoms with Crippen LogP contribution in [0.4, 0.5) is 11.6 Å². The van der Waals surface area contributed by atoms with Gasteiger partial charge in [-0.25, -0.2) is 4.98 Å². The van der Waals surface area contributed by atoms with E-state index in [0.29, 0.717) is 0 Å². The fourth-order valence-electron chi connectivity index (χ4n) is 1.91. The summed E-state index contributed by atoms with van der Waals surface area (Å²) in [6, 6.07) is 6.21. The third-order valence-electron chi connectivity index (χ3n) is 2.81. The van der Waals surface area contributed by atoms with Gasteiger partial charge in [0.15, 0.2) is 0 Å². The van der Waals surface area contributed by atoms with Crippen molar-refractivity contribution in [3.63, 3.8) is 0 Å². The van der Waals surface area contributed by atoms with E-state index in [1.807, 2.05) is 13.0 Å². The number of anilines is 2. The zero-order chi connectivity index (χ0) is 13.1. The minimum atomic E-state index is 0.913. The minimum absolute atomic E-state index is 0.913. The molecule has 0 bridgehead atoms. The first-order valence-electron chi connectivity index (χ1n) is 6.17. The molecule has 3 nitrogen and oxygen atoms in total. The molecule has 0 amide bonds. The average molecular weight is 308 g/mol. The predicted molar refractivity (Wildman–Crippen MR) is 79.4 cm³/mol. The molecule has 1 aromatic heterocycles. The normalized spacial score (nSPS) is 10.7. The van der Waals surface area contributed by atoms with Gasteiger partial charge in [-0.2, -0.15) is 0 Å². The van der Waals surface area contributed by atoms with Gasteiger partial charge >= 0.3 is 0 Å². The highest BCUT2D eigenvalue weighted by atomic mass is 79.9. The molecule has 2 rings (SSSR count). The molecule has 0 aliphatic rings. The molecule has 1 aromatic carbocycles. The van der Waals surface area contributed by atoms with E-state index in [1.165, 1.54) is 5.56 Å². The zero-order valence-electron chi connectivity index (χ0n) is 11.0. The Morgan fingerprint density at radius 2 is 2.11 bits per heavy atom. The first kappa shape index (κ1) is 13.1. The van der Waals surface area contributed by atoms with Crippen LogP contribution in [-0.2, 0) is 6.54 Å². The van der Waals surface area contributed by atoms with Gasteiger partial charge in [-0.1, -0.05) is 28.9 Å². The smallest absolute Gasteiger partial charge is 0.207 e. The largest absolute Gasteiger partial charge is 0.325 e. The van der Waals surface area contributed by atoms with Crippen LogP contribution in [0.5, 0.6) is 0 Å². The molecule has 96 valence electrons. The Balaban J connectivity index is 2.30. The van der Waals surface area contributed by atoms with Crippen LogP contribution in [0.25, 0.3) is 0 Å². The third kappa shape index (κ3) is 2.93. The topological polar surface area (TPSA) is 29.9 Å². The quantitative estimate of drug-likeness (QED) is 0.906. The molecule has 0 aliphatic heterocycles. The summed E-state index contributed by atoms with van der Waals surface area (Å²) in [4.78, 5) is 4.53. The van der Waals surface area contributed by atoms with Gasteiger partial charge < -0.3 is 9.88 Å². The molecule has 1 heterocycles. The zero-order valence-corrected chi connectivity index (χ0v) is 12.6.